The van der Waals surface area contributed by atoms with Crippen LogP contribution in [0, 0.1) is 0 Å². The fraction of sp³-hybridized carbons (Fsp3) is 0.250. The summed E-state index contributed by atoms with van der Waals surface area (Å²) in [5.74, 6) is 0. The standard InChI is InChI=1S/C64H69N8/c1-5-9-13-17-37-69-41-29-49(30-42-69)61-53-21-23-55(65-53)62(50-31-43-70(44-32-50)38-18-14-10-6-2)57-25-27-59(67-57)64(52-35-47-72(48-36-52)40-20-16-12-8-4)60-28-26-58(68-60)63(56-24-22-54(61)66-56)51-33-45-71(46-34-51)39-19-15-11-7-3/h5-8,21-36,41-48H,1-4,9-20,37-40H2,(H,65,66,67,68)/q+3/p+1. The molecule has 9 heterocycles. The number of nitrogens with one attached hydrogen (secondary N) is 2. The Kier molecular flexibility index (Phi) is 16.6. The maximum atomic E-state index is 5.58. The van der Waals surface area contributed by atoms with E-state index in [2.05, 4.69) is 201 Å². The number of unbranched alkanes of at least 4 members (excludes halogenated alkanes) is 8. The fourth-order valence-corrected chi connectivity index (χ4v) is 9.84. The molecule has 0 saturated carbocycles. The molecule has 0 aromatic carbocycles. The molecule has 0 spiro atoms. The fourth-order valence-electron chi connectivity index (χ4n) is 9.84. The van der Waals surface area contributed by atoms with Crippen LogP contribution >= 0.6 is 0 Å². The molecule has 8 bridgehead atoms. The molecule has 0 unspecified atom stereocenters. The van der Waals surface area contributed by atoms with Crippen molar-refractivity contribution < 1.29 is 18.3 Å². The predicted octanol–water partition coefficient (Wildman–Crippen LogP) is 13.9. The van der Waals surface area contributed by atoms with Gasteiger partial charge >= 0.3 is 0 Å². The van der Waals surface area contributed by atoms with E-state index in [9.17, 15) is 0 Å². The van der Waals surface area contributed by atoms with Crippen LogP contribution < -0.4 is 18.3 Å². The highest BCUT2D eigenvalue weighted by molar-refractivity contribution is 5.99. The van der Waals surface area contributed by atoms with Crippen LogP contribution in [0.5, 0.6) is 0 Å². The van der Waals surface area contributed by atoms with Crippen LogP contribution in [0.3, 0.4) is 0 Å². The molecule has 2 aliphatic rings. The van der Waals surface area contributed by atoms with Crippen LogP contribution in [0.15, 0.2) is 173 Å². The first kappa shape index (κ1) is 49.2. The number of aromatic amines is 2. The van der Waals surface area contributed by atoms with Crippen LogP contribution in [-0.4, -0.2) is 19.9 Å². The third-order valence-corrected chi connectivity index (χ3v) is 13.8. The Balaban J connectivity index is 1.28. The molecule has 362 valence electrons. The minimum atomic E-state index is 0.897. The van der Waals surface area contributed by atoms with Gasteiger partial charge in [-0.15, -0.1) is 26.3 Å². The summed E-state index contributed by atoms with van der Waals surface area (Å²) in [5.41, 5.74) is 16.0. The third-order valence-electron chi connectivity index (χ3n) is 13.8. The van der Waals surface area contributed by atoms with Crippen molar-refractivity contribution in [2.75, 3.05) is 0 Å². The highest BCUT2D eigenvalue weighted by Crippen LogP contribution is 2.38. The summed E-state index contributed by atoms with van der Waals surface area (Å²) in [6.07, 6.45) is 47.3. The van der Waals surface area contributed by atoms with Gasteiger partial charge in [0.2, 0.25) is 0 Å². The first-order chi connectivity index (χ1) is 35.5. The highest BCUT2D eigenvalue weighted by atomic mass is 14.9. The molecule has 0 aliphatic carbocycles. The van der Waals surface area contributed by atoms with E-state index in [1.165, 1.54) is 0 Å². The summed E-state index contributed by atoms with van der Waals surface area (Å²) in [6, 6.07) is 26.7. The SMILES string of the molecule is C=CCCCC[n+]1ccc(-c2c3nc(c(-c4cc[n+](CCCCC=C)cc4)c4ccc([nH]4)c(-c4cc[n+](CCCCC=C)cc4)c4nc(c(-c5cc[n+](CCCCC=C)cc5)c5ccc2[nH]5)C=C4)C=C3)cc1. The van der Waals surface area contributed by atoms with Gasteiger partial charge in [-0.3, -0.25) is 0 Å². The van der Waals surface area contributed by atoms with Gasteiger partial charge < -0.3 is 9.97 Å². The van der Waals surface area contributed by atoms with E-state index in [1.807, 2.05) is 24.3 Å². The van der Waals surface area contributed by atoms with Crippen molar-refractivity contribution in [3.8, 4) is 44.5 Å². The van der Waals surface area contributed by atoms with Crippen LogP contribution in [0.2, 0.25) is 0 Å². The lowest BCUT2D eigenvalue weighted by Gasteiger charge is -2.07. The molecule has 2 aliphatic heterocycles. The second-order valence-corrected chi connectivity index (χ2v) is 18.9. The van der Waals surface area contributed by atoms with Gasteiger partial charge in [0, 0.05) is 119 Å². The van der Waals surface area contributed by atoms with E-state index in [4.69, 9.17) is 9.97 Å². The summed E-state index contributed by atoms with van der Waals surface area (Å²) in [6.45, 7) is 19.5. The van der Waals surface area contributed by atoms with Gasteiger partial charge in [0.15, 0.2) is 49.6 Å². The Morgan fingerprint density at radius 3 is 0.750 bits per heavy atom. The molecule has 72 heavy (non-hydrogen) atoms. The lowest BCUT2D eigenvalue weighted by molar-refractivity contribution is -0.697. The van der Waals surface area contributed by atoms with Crippen molar-refractivity contribution in [2.24, 2.45) is 0 Å². The Morgan fingerprint density at radius 2 is 0.542 bits per heavy atom. The highest BCUT2D eigenvalue weighted by Gasteiger charge is 2.21. The van der Waals surface area contributed by atoms with Gasteiger partial charge in [-0.05, 0) is 122 Å². The predicted molar refractivity (Wildman–Crippen MR) is 298 cm³/mol. The van der Waals surface area contributed by atoms with Gasteiger partial charge in [-0.25, -0.2) is 28.2 Å². The number of nitrogens with zero attached hydrogens (tertiary/aromatic N) is 6. The number of H-pyrrole nitrogens is 2. The van der Waals surface area contributed by atoms with Crippen molar-refractivity contribution in [3.63, 3.8) is 0 Å². The zero-order valence-electron chi connectivity index (χ0n) is 42.0. The third kappa shape index (κ3) is 11.8. The lowest BCUT2D eigenvalue weighted by atomic mass is 10.0. The van der Waals surface area contributed by atoms with Crippen molar-refractivity contribution in [1.82, 2.24) is 19.9 Å². The molecular weight excluding hydrogens is 881 g/mol. The molecule has 0 atom stereocenters. The minimum absolute atomic E-state index is 0.897. The van der Waals surface area contributed by atoms with Gasteiger partial charge in [-0.2, -0.15) is 0 Å². The quantitative estimate of drug-likeness (QED) is 0.0360. The van der Waals surface area contributed by atoms with E-state index in [0.29, 0.717) is 0 Å². The Morgan fingerprint density at radius 1 is 0.319 bits per heavy atom. The molecule has 9 rings (SSSR count). The normalized spacial score (nSPS) is 11.8. The number of aryl methyl sites for hydroxylation is 4. The average molecular weight is 951 g/mol. The van der Waals surface area contributed by atoms with Gasteiger partial charge in [0.05, 0.1) is 22.8 Å². The summed E-state index contributed by atoms with van der Waals surface area (Å²) in [4.78, 5) is 19.0. The first-order valence-electron chi connectivity index (χ1n) is 26.1. The number of pyridine rings is 4. The second kappa shape index (κ2) is 24.3. The topological polar surface area (TPSA) is 72.9 Å². The van der Waals surface area contributed by atoms with Crippen molar-refractivity contribution in [2.45, 2.75) is 103 Å². The zero-order chi connectivity index (χ0) is 49.5. The monoisotopic (exact) mass is 951 g/mol. The summed E-state index contributed by atoms with van der Waals surface area (Å²) < 4.78 is 9.10. The number of hydrogen-bond acceptors (Lipinski definition) is 2. The Labute approximate surface area is 426 Å². The zero-order valence-corrected chi connectivity index (χ0v) is 42.0. The molecule has 0 amide bonds. The van der Waals surface area contributed by atoms with E-state index < -0.39 is 0 Å². The van der Waals surface area contributed by atoms with Crippen LogP contribution in [0.1, 0.15) is 99.8 Å². The number of fused-ring (bicyclic) bond motifs is 8. The Bertz CT molecular complexity index is 2810. The largest absolute Gasteiger partial charge is 0.354 e. The van der Waals surface area contributed by atoms with E-state index in [0.717, 1.165) is 193 Å². The van der Waals surface area contributed by atoms with Gasteiger partial charge in [0.1, 0.15) is 26.2 Å². The number of allylic oxidation sites excluding steroid dienone is 4. The minimum Gasteiger partial charge on any atom is -0.354 e. The van der Waals surface area contributed by atoms with Gasteiger partial charge in [-0.1, -0.05) is 24.3 Å². The molecule has 8 nitrogen and oxygen atoms in total. The first-order valence-corrected chi connectivity index (χ1v) is 26.1. The van der Waals surface area contributed by atoms with Crippen LogP contribution in [0.4, 0.5) is 0 Å². The van der Waals surface area contributed by atoms with Crippen molar-refractivity contribution >= 4 is 46.4 Å². The van der Waals surface area contributed by atoms with Gasteiger partial charge in [0.25, 0.3) is 0 Å². The lowest BCUT2D eigenvalue weighted by Crippen LogP contribution is -2.32. The molecule has 7 aromatic rings. The summed E-state index contributed by atoms with van der Waals surface area (Å²) in [7, 11) is 0. The van der Waals surface area contributed by atoms with E-state index in [1.54, 1.807) is 0 Å². The molecule has 0 saturated heterocycles. The van der Waals surface area contributed by atoms with Crippen LogP contribution in [0.25, 0.3) is 90.9 Å². The smallest absolute Gasteiger partial charge is 0.169 e. The summed E-state index contributed by atoms with van der Waals surface area (Å²) in [5, 5.41) is 0. The molecule has 0 radical (unpaired) electrons. The molecular formula is C64H70N8+4. The van der Waals surface area contributed by atoms with Crippen molar-refractivity contribution in [1.29, 1.82) is 0 Å². The molecule has 7 aromatic heterocycles. The summed E-state index contributed by atoms with van der Waals surface area (Å²) >= 11 is 0. The van der Waals surface area contributed by atoms with E-state index in [-0.39, 0.29) is 0 Å². The second-order valence-electron chi connectivity index (χ2n) is 18.9. The number of aromatic nitrogens is 8. The maximum Gasteiger partial charge on any atom is 0.169 e. The molecule has 2 N–H and O–H groups in total. The average Bonchev–Trinajstić information content (AvgIpc) is 4.27. The van der Waals surface area contributed by atoms with Crippen LogP contribution in [-0.2, 0) is 26.2 Å². The maximum absolute atomic E-state index is 5.58. The Hall–Kier alpha value is -7.84. The van der Waals surface area contributed by atoms with E-state index >= 15 is 0 Å². The van der Waals surface area contributed by atoms with Crippen molar-refractivity contribution in [3.05, 3.63) is 196 Å². The number of rotatable bonds is 24. The molecule has 0 fully saturated rings. The molecule has 8 heteroatoms. The number of hydrogen-bond donors (Lipinski definition) is 2.